The number of likely N-dealkylation sites (tertiary alicyclic amines) is 1. The second-order valence-electron chi connectivity index (χ2n) is 10.7. The number of methoxy groups -OCH3 is 1. The second-order valence-corrected chi connectivity index (χ2v) is 10.7. The lowest BCUT2D eigenvalue weighted by atomic mass is 9.82. The maximum Gasteiger partial charge on any atom is 0.414 e. The minimum absolute atomic E-state index is 0.0413. The molecule has 0 spiro atoms. The molecule has 3 atom stereocenters. The number of pyridine rings is 1. The van der Waals surface area contributed by atoms with Crippen molar-refractivity contribution in [3.63, 3.8) is 0 Å². The molecule has 4 aromatic rings. The Hall–Kier alpha value is -5.45. The van der Waals surface area contributed by atoms with Crippen molar-refractivity contribution in [2.24, 2.45) is 5.92 Å². The summed E-state index contributed by atoms with van der Waals surface area (Å²) in [6.45, 7) is 4.20. The van der Waals surface area contributed by atoms with Crippen LogP contribution in [0.25, 0.3) is 10.8 Å². The van der Waals surface area contributed by atoms with Gasteiger partial charge in [0.1, 0.15) is 11.8 Å². The van der Waals surface area contributed by atoms with Gasteiger partial charge in [-0.15, -0.1) is 0 Å². The summed E-state index contributed by atoms with van der Waals surface area (Å²) in [5, 5.41) is 10.3. The Morgan fingerprint density at radius 1 is 0.956 bits per heavy atom. The smallest absolute Gasteiger partial charge is 0.414 e. The van der Waals surface area contributed by atoms with E-state index in [4.69, 9.17) is 9.47 Å². The molecule has 3 aromatic carbocycles. The van der Waals surface area contributed by atoms with E-state index in [0.29, 0.717) is 17.9 Å². The lowest BCUT2D eigenvalue weighted by molar-refractivity contribution is -0.157. The quantitative estimate of drug-likeness (QED) is 0.225. The number of nitrogens with one attached hydrogen (secondary N) is 3. The maximum absolute atomic E-state index is 13.4. The summed E-state index contributed by atoms with van der Waals surface area (Å²) < 4.78 is 10.5. The summed E-state index contributed by atoms with van der Waals surface area (Å²) >= 11 is 0. The van der Waals surface area contributed by atoms with Crippen molar-refractivity contribution >= 4 is 34.7 Å². The Bertz CT molecular complexity index is 1700. The number of ether oxygens (including phenoxy) is 2. The van der Waals surface area contributed by atoms with Gasteiger partial charge < -0.3 is 25.4 Å². The molecule has 5 rings (SSSR count). The molecule has 1 unspecified atom stereocenters. The standard InChI is InChI=1S/C34H35N5O6/c1-4-35-31(40)30-28(32(41)39(30)33(42)38-21(2)26-11-7-9-24-8-5-6-10-27(24)26)18-23-16-17-36-29(19-23)45-34(43)37-20-22-12-14-25(44-3)15-13-22/h5-17,19,21,28,30H,4,18,20H2,1-3H3,(H,35,40)(H,37,43)(H,38,42)/t21?,28-,30+/m1/s1. The van der Waals surface area contributed by atoms with Crippen LogP contribution in [0.3, 0.4) is 0 Å². The zero-order valence-electron chi connectivity index (χ0n) is 25.3. The van der Waals surface area contributed by atoms with Crippen molar-refractivity contribution in [3.05, 3.63) is 102 Å². The summed E-state index contributed by atoms with van der Waals surface area (Å²) in [6, 6.07) is 22.1. The van der Waals surface area contributed by atoms with Crippen molar-refractivity contribution in [2.75, 3.05) is 13.7 Å². The van der Waals surface area contributed by atoms with Crippen LogP contribution in [0, 0.1) is 5.92 Å². The number of hydrogen-bond acceptors (Lipinski definition) is 7. The van der Waals surface area contributed by atoms with E-state index in [-0.39, 0.29) is 18.8 Å². The Morgan fingerprint density at radius 2 is 1.71 bits per heavy atom. The third-order valence-electron chi connectivity index (χ3n) is 7.73. The molecule has 1 aliphatic heterocycles. The summed E-state index contributed by atoms with van der Waals surface area (Å²) in [4.78, 5) is 57.3. The first-order chi connectivity index (χ1) is 21.8. The van der Waals surface area contributed by atoms with Gasteiger partial charge >= 0.3 is 12.1 Å². The van der Waals surface area contributed by atoms with Crippen LogP contribution >= 0.6 is 0 Å². The highest BCUT2D eigenvalue weighted by atomic mass is 16.6. The van der Waals surface area contributed by atoms with Crippen LogP contribution < -0.4 is 25.4 Å². The van der Waals surface area contributed by atoms with Gasteiger partial charge in [-0.25, -0.2) is 14.6 Å². The minimum atomic E-state index is -0.998. The fourth-order valence-corrected chi connectivity index (χ4v) is 5.45. The van der Waals surface area contributed by atoms with Crippen LogP contribution in [0.4, 0.5) is 9.59 Å². The van der Waals surface area contributed by atoms with Crippen LogP contribution in [-0.4, -0.2) is 53.5 Å². The van der Waals surface area contributed by atoms with Crippen LogP contribution in [0.5, 0.6) is 11.6 Å². The SMILES string of the molecule is CCNC(=O)[C@@H]1[C@@H](Cc2ccnc(OC(=O)NCc3ccc(OC)cc3)c2)C(=O)N1C(=O)NC(C)c1cccc2ccccc12. The van der Waals surface area contributed by atoms with Gasteiger partial charge in [0.25, 0.3) is 0 Å². The van der Waals surface area contributed by atoms with E-state index in [2.05, 4.69) is 20.9 Å². The molecule has 5 amide bonds. The minimum Gasteiger partial charge on any atom is -0.497 e. The third kappa shape index (κ3) is 7.04. The highest BCUT2D eigenvalue weighted by molar-refractivity contribution is 6.09. The molecule has 0 saturated carbocycles. The topological polar surface area (TPSA) is 139 Å². The molecule has 1 aromatic heterocycles. The second kappa shape index (κ2) is 13.9. The number of urea groups is 1. The van der Waals surface area contributed by atoms with Crippen LogP contribution in [0.2, 0.25) is 0 Å². The summed E-state index contributed by atoms with van der Waals surface area (Å²) in [7, 11) is 1.58. The van der Waals surface area contributed by atoms with Gasteiger partial charge in [-0.3, -0.25) is 14.5 Å². The van der Waals surface area contributed by atoms with Crippen LogP contribution in [-0.2, 0) is 22.6 Å². The number of aromatic nitrogens is 1. The zero-order chi connectivity index (χ0) is 31.9. The molecule has 0 bridgehead atoms. The number of fused-ring (bicyclic) bond motifs is 1. The number of imide groups is 1. The van der Waals surface area contributed by atoms with Crippen LogP contribution in [0.1, 0.15) is 36.6 Å². The fourth-order valence-electron chi connectivity index (χ4n) is 5.45. The molecule has 2 heterocycles. The molecule has 3 N–H and O–H groups in total. The third-order valence-corrected chi connectivity index (χ3v) is 7.73. The number of amides is 5. The highest BCUT2D eigenvalue weighted by Gasteiger charge is 2.54. The first kappa shape index (κ1) is 31.0. The molecule has 11 heteroatoms. The fraction of sp³-hybridized carbons (Fsp3) is 0.265. The van der Waals surface area contributed by atoms with E-state index in [1.54, 1.807) is 38.3 Å². The number of hydrogen-bond donors (Lipinski definition) is 3. The van der Waals surface area contributed by atoms with Gasteiger partial charge in [-0.1, -0.05) is 54.6 Å². The summed E-state index contributed by atoms with van der Waals surface area (Å²) in [5.74, 6) is -0.918. The monoisotopic (exact) mass is 609 g/mol. The Kier molecular flexibility index (Phi) is 9.57. The lowest BCUT2D eigenvalue weighted by Gasteiger charge is -2.44. The molecule has 1 saturated heterocycles. The Morgan fingerprint density at radius 3 is 2.47 bits per heavy atom. The number of β-lactam (4-membered cyclic amide) rings is 1. The van der Waals surface area contributed by atoms with Gasteiger partial charge in [0.2, 0.25) is 17.7 Å². The molecule has 45 heavy (non-hydrogen) atoms. The largest absolute Gasteiger partial charge is 0.497 e. The van der Waals surface area contributed by atoms with E-state index >= 15 is 0 Å². The summed E-state index contributed by atoms with van der Waals surface area (Å²) in [5.41, 5.74) is 2.38. The Labute approximate surface area is 260 Å². The molecular formula is C34H35N5O6. The normalized spacial score (nSPS) is 16.3. The van der Waals surface area contributed by atoms with Crippen molar-refractivity contribution < 1.29 is 28.7 Å². The molecule has 0 radical (unpaired) electrons. The van der Waals surface area contributed by atoms with Crippen LogP contribution in [0.15, 0.2) is 85.1 Å². The van der Waals surface area contributed by atoms with E-state index < -0.39 is 41.9 Å². The van der Waals surface area contributed by atoms with Crippen molar-refractivity contribution in [1.29, 1.82) is 0 Å². The number of rotatable bonds is 10. The predicted octanol–water partition coefficient (Wildman–Crippen LogP) is 4.51. The molecule has 1 aliphatic rings. The average Bonchev–Trinajstić information content (AvgIpc) is 3.05. The molecule has 0 aliphatic carbocycles. The highest BCUT2D eigenvalue weighted by Crippen LogP contribution is 2.32. The van der Waals surface area contributed by atoms with Gasteiger partial charge in [-0.05, 0) is 65.9 Å². The molecular weight excluding hydrogens is 574 g/mol. The van der Waals surface area contributed by atoms with Gasteiger partial charge in [0.15, 0.2) is 0 Å². The Balaban J connectivity index is 1.23. The predicted molar refractivity (Wildman–Crippen MR) is 168 cm³/mol. The van der Waals surface area contributed by atoms with E-state index in [0.717, 1.165) is 26.8 Å². The number of nitrogens with zero attached hydrogens (tertiary/aromatic N) is 2. The average molecular weight is 610 g/mol. The lowest BCUT2D eigenvalue weighted by Crippen LogP contribution is -2.70. The van der Waals surface area contributed by atoms with Gasteiger partial charge in [0, 0.05) is 25.4 Å². The number of likely N-dealkylation sites (N-methyl/N-ethyl adjacent to an activating group) is 1. The van der Waals surface area contributed by atoms with Gasteiger partial charge in [0.05, 0.1) is 19.1 Å². The van der Waals surface area contributed by atoms with E-state index in [9.17, 15) is 19.2 Å². The number of carbonyl (C=O) groups excluding carboxylic acids is 4. The van der Waals surface area contributed by atoms with Gasteiger partial charge in [-0.2, -0.15) is 0 Å². The molecule has 1 fully saturated rings. The van der Waals surface area contributed by atoms with E-state index in [1.807, 2.05) is 61.5 Å². The van der Waals surface area contributed by atoms with Crippen molar-refractivity contribution in [2.45, 2.75) is 38.9 Å². The number of benzene rings is 3. The van der Waals surface area contributed by atoms with Crippen molar-refractivity contribution in [3.8, 4) is 11.6 Å². The molecule has 232 valence electrons. The maximum atomic E-state index is 13.4. The first-order valence-corrected chi connectivity index (χ1v) is 14.7. The van der Waals surface area contributed by atoms with E-state index in [1.165, 1.54) is 6.20 Å². The summed E-state index contributed by atoms with van der Waals surface area (Å²) in [6.07, 6.45) is 0.913. The van der Waals surface area contributed by atoms with Crippen molar-refractivity contribution in [1.82, 2.24) is 25.8 Å². The zero-order valence-corrected chi connectivity index (χ0v) is 25.3. The molecule has 11 nitrogen and oxygen atoms in total. The number of carbonyl (C=O) groups is 4. The first-order valence-electron chi connectivity index (χ1n) is 14.7.